The Morgan fingerprint density at radius 3 is 2.64 bits per heavy atom. The third kappa shape index (κ3) is 3.55. The van der Waals surface area contributed by atoms with Crippen LogP contribution in [0.15, 0.2) is 0 Å². The van der Waals surface area contributed by atoms with Gasteiger partial charge in [0.25, 0.3) is 0 Å². The minimum atomic E-state index is -0.991. The number of ether oxygens (including phenoxy) is 2. The highest BCUT2D eigenvalue weighted by molar-refractivity contribution is 5.68. The van der Waals surface area contributed by atoms with Gasteiger partial charge in [0.2, 0.25) is 0 Å². The third-order valence-corrected chi connectivity index (χ3v) is 4.83. The monoisotopic (exact) mass is 315 g/mol. The summed E-state index contributed by atoms with van der Waals surface area (Å²) in [4.78, 5) is 13.8. The second-order valence-electron chi connectivity index (χ2n) is 7.59. The van der Waals surface area contributed by atoms with E-state index in [9.17, 15) is 15.0 Å². The first-order chi connectivity index (χ1) is 10.2. The minimum absolute atomic E-state index is 0.136. The van der Waals surface area contributed by atoms with Crippen molar-refractivity contribution in [1.29, 1.82) is 0 Å². The molecule has 2 N–H and O–H groups in total. The molecule has 0 aromatic rings. The first kappa shape index (κ1) is 17.5. The normalized spacial score (nSPS) is 33.6. The van der Waals surface area contributed by atoms with Gasteiger partial charge < -0.3 is 24.6 Å². The molecule has 0 saturated carbocycles. The van der Waals surface area contributed by atoms with Crippen LogP contribution in [-0.4, -0.2) is 65.3 Å². The summed E-state index contributed by atoms with van der Waals surface area (Å²) in [5.74, 6) is 0. The Labute approximate surface area is 132 Å². The van der Waals surface area contributed by atoms with E-state index < -0.39 is 16.6 Å². The SMILES string of the molecule is CC(C)(C)OC(=O)N1CCC(CO)(C2(O)CCCOCC2)C1. The number of nitrogens with zero attached hydrogens (tertiary/aromatic N) is 1. The molecule has 0 spiro atoms. The topological polar surface area (TPSA) is 79.2 Å². The molecule has 0 radical (unpaired) electrons. The highest BCUT2D eigenvalue weighted by atomic mass is 16.6. The van der Waals surface area contributed by atoms with E-state index in [0.717, 1.165) is 6.42 Å². The average Bonchev–Trinajstić information content (AvgIpc) is 2.76. The number of aliphatic hydroxyl groups excluding tert-OH is 1. The first-order valence-corrected chi connectivity index (χ1v) is 8.10. The molecule has 0 bridgehead atoms. The fraction of sp³-hybridized carbons (Fsp3) is 0.938. The van der Waals surface area contributed by atoms with Crippen LogP contribution < -0.4 is 0 Å². The summed E-state index contributed by atoms with van der Waals surface area (Å²) in [5.41, 5.74) is -2.22. The van der Waals surface area contributed by atoms with E-state index in [2.05, 4.69) is 0 Å². The Morgan fingerprint density at radius 2 is 2.00 bits per heavy atom. The lowest BCUT2D eigenvalue weighted by Crippen LogP contribution is -2.53. The minimum Gasteiger partial charge on any atom is -0.444 e. The van der Waals surface area contributed by atoms with Gasteiger partial charge in [-0.15, -0.1) is 0 Å². The predicted octanol–water partition coefficient (Wildman–Crippen LogP) is 1.54. The van der Waals surface area contributed by atoms with Crippen molar-refractivity contribution in [2.75, 3.05) is 32.9 Å². The zero-order chi connectivity index (χ0) is 16.4. The molecule has 6 heteroatoms. The molecule has 2 unspecified atom stereocenters. The molecule has 2 heterocycles. The van der Waals surface area contributed by atoms with Crippen LogP contribution in [0.1, 0.15) is 46.5 Å². The molecule has 2 aliphatic rings. The molecule has 128 valence electrons. The van der Waals surface area contributed by atoms with Gasteiger partial charge in [-0.25, -0.2) is 4.79 Å². The summed E-state index contributed by atoms with van der Waals surface area (Å²) in [6.45, 7) is 7.31. The molecule has 2 atom stereocenters. The van der Waals surface area contributed by atoms with Crippen LogP contribution in [0.3, 0.4) is 0 Å². The van der Waals surface area contributed by atoms with Crippen molar-refractivity contribution in [3.63, 3.8) is 0 Å². The van der Waals surface area contributed by atoms with Gasteiger partial charge in [-0.05, 0) is 40.0 Å². The number of rotatable bonds is 2. The van der Waals surface area contributed by atoms with Crippen LogP contribution in [0, 0.1) is 5.41 Å². The second kappa shape index (κ2) is 6.34. The fourth-order valence-electron chi connectivity index (χ4n) is 3.48. The lowest BCUT2D eigenvalue weighted by molar-refractivity contribution is -0.114. The van der Waals surface area contributed by atoms with Gasteiger partial charge >= 0.3 is 6.09 Å². The largest absolute Gasteiger partial charge is 0.444 e. The molecular weight excluding hydrogens is 286 g/mol. The summed E-state index contributed by atoms with van der Waals surface area (Å²) in [7, 11) is 0. The molecule has 0 aliphatic carbocycles. The van der Waals surface area contributed by atoms with Crippen LogP contribution in [0.2, 0.25) is 0 Å². The van der Waals surface area contributed by atoms with Crippen LogP contribution in [-0.2, 0) is 9.47 Å². The van der Waals surface area contributed by atoms with Gasteiger partial charge in [-0.3, -0.25) is 0 Å². The zero-order valence-corrected chi connectivity index (χ0v) is 13.9. The molecule has 2 saturated heterocycles. The maximum absolute atomic E-state index is 12.2. The number of carbonyl (C=O) groups is 1. The van der Waals surface area contributed by atoms with Gasteiger partial charge in [-0.1, -0.05) is 0 Å². The Balaban J connectivity index is 2.10. The predicted molar refractivity (Wildman–Crippen MR) is 81.6 cm³/mol. The van der Waals surface area contributed by atoms with Crippen LogP contribution in [0.4, 0.5) is 4.79 Å². The summed E-state index contributed by atoms with van der Waals surface area (Å²) < 4.78 is 10.8. The van der Waals surface area contributed by atoms with E-state index in [1.807, 2.05) is 20.8 Å². The number of hydrogen-bond donors (Lipinski definition) is 2. The van der Waals surface area contributed by atoms with Crippen LogP contribution in [0.25, 0.3) is 0 Å². The molecule has 2 aliphatic heterocycles. The summed E-state index contributed by atoms with van der Waals surface area (Å²) in [6, 6.07) is 0. The Morgan fingerprint density at radius 1 is 1.27 bits per heavy atom. The van der Waals surface area contributed by atoms with E-state index in [1.165, 1.54) is 0 Å². The molecule has 2 fully saturated rings. The quantitative estimate of drug-likeness (QED) is 0.808. The Bertz CT molecular complexity index is 398. The van der Waals surface area contributed by atoms with Gasteiger partial charge in [0.15, 0.2) is 0 Å². The van der Waals surface area contributed by atoms with Crippen molar-refractivity contribution < 1.29 is 24.5 Å². The van der Waals surface area contributed by atoms with E-state index in [4.69, 9.17) is 9.47 Å². The number of likely N-dealkylation sites (tertiary alicyclic amines) is 1. The average molecular weight is 315 g/mol. The highest BCUT2D eigenvalue weighted by Crippen LogP contribution is 2.45. The Hall–Kier alpha value is -0.850. The maximum Gasteiger partial charge on any atom is 0.410 e. The van der Waals surface area contributed by atoms with E-state index in [0.29, 0.717) is 45.6 Å². The van der Waals surface area contributed by atoms with Gasteiger partial charge in [0.05, 0.1) is 12.2 Å². The van der Waals surface area contributed by atoms with Gasteiger partial charge in [0.1, 0.15) is 5.60 Å². The van der Waals surface area contributed by atoms with Crippen molar-refractivity contribution in [2.24, 2.45) is 5.41 Å². The molecule has 6 nitrogen and oxygen atoms in total. The van der Waals surface area contributed by atoms with Gasteiger partial charge in [-0.2, -0.15) is 0 Å². The number of aliphatic hydroxyl groups is 2. The maximum atomic E-state index is 12.2. The molecular formula is C16H29NO5. The van der Waals surface area contributed by atoms with E-state index in [1.54, 1.807) is 4.90 Å². The highest BCUT2D eigenvalue weighted by Gasteiger charge is 2.54. The van der Waals surface area contributed by atoms with Crippen LogP contribution >= 0.6 is 0 Å². The molecule has 1 amide bonds. The van der Waals surface area contributed by atoms with Gasteiger partial charge in [0, 0.05) is 38.1 Å². The lowest BCUT2D eigenvalue weighted by atomic mass is 9.68. The summed E-state index contributed by atoms with van der Waals surface area (Å²) in [6.07, 6.45) is 2.06. The summed E-state index contributed by atoms with van der Waals surface area (Å²) in [5, 5.41) is 21.1. The smallest absolute Gasteiger partial charge is 0.410 e. The van der Waals surface area contributed by atoms with E-state index in [-0.39, 0.29) is 12.7 Å². The molecule has 22 heavy (non-hydrogen) atoms. The Kier molecular flexibility index (Phi) is 5.04. The standard InChI is InChI=1S/C16H29NO5/c1-14(2,3)22-13(19)17-8-6-15(11-17,12-18)16(20)5-4-9-21-10-7-16/h18,20H,4-12H2,1-3H3. The second-order valence-corrected chi connectivity index (χ2v) is 7.59. The number of carbonyl (C=O) groups excluding carboxylic acids is 1. The van der Waals surface area contributed by atoms with Crippen LogP contribution in [0.5, 0.6) is 0 Å². The molecule has 0 aromatic carbocycles. The first-order valence-electron chi connectivity index (χ1n) is 8.10. The molecule has 2 rings (SSSR count). The van der Waals surface area contributed by atoms with E-state index >= 15 is 0 Å². The lowest BCUT2D eigenvalue weighted by Gasteiger charge is -2.43. The van der Waals surface area contributed by atoms with Crippen molar-refractivity contribution in [3.8, 4) is 0 Å². The number of hydrogen-bond acceptors (Lipinski definition) is 5. The fourth-order valence-corrected chi connectivity index (χ4v) is 3.48. The van der Waals surface area contributed by atoms with Crippen molar-refractivity contribution in [2.45, 2.75) is 57.7 Å². The zero-order valence-electron chi connectivity index (χ0n) is 13.9. The molecule has 0 aromatic heterocycles. The number of amides is 1. The van der Waals surface area contributed by atoms with Crippen molar-refractivity contribution in [1.82, 2.24) is 4.90 Å². The summed E-state index contributed by atoms with van der Waals surface area (Å²) >= 11 is 0. The third-order valence-electron chi connectivity index (χ3n) is 4.83. The van der Waals surface area contributed by atoms with Crippen molar-refractivity contribution >= 4 is 6.09 Å². The van der Waals surface area contributed by atoms with Crippen molar-refractivity contribution in [3.05, 3.63) is 0 Å².